The summed E-state index contributed by atoms with van der Waals surface area (Å²) in [7, 11) is 0. The largest absolute Gasteiger partial charge is 0.451 e. The highest BCUT2D eigenvalue weighted by Gasteiger charge is 2.29. The van der Waals surface area contributed by atoms with Gasteiger partial charge in [-0.05, 0) is 31.4 Å². The predicted octanol–water partition coefficient (Wildman–Crippen LogP) is 2.92. The first-order valence-corrected chi connectivity index (χ1v) is 6.54. The Labute approximate surface area is 119 Å². The topological polar surface area (TPSA) is 86.5 Å². The molecule has 106 valence electrons. The molecule has 1 saturated carbocycles. The Morgan fingerprint density at radius 3 is 2.80 bits per heavy atom. The second kappa shape index (κ2) is 6.00. The fourth-order valence-corrected chi connectivity index (χ4v) is 2.27. The smallest absolute Gasteiger partial charge is 0.345 e. The molecule has 0 aromatic heterocycles. The zero-order chi connectivity index (χ0) is 14.7. The van der Waals surface area contributed by atoms with E-state index in [2.05, 4.69) is 0 Å². The number of nitro groups is 1. The number of ether oxygens (including phenoxy) is 1. The second-order valence-corrected chi connectivity index (χ2v) is 4.96. The van der Waals surface area contributed by atoms with Crippen molar-refractivity contribution in [2.24, 2.45) is 0 Å². The normalized spacial score (nSPS) is 18.6. The van der Waals surface area contributed by atoms with Crippen molar-refractivity contribution < 1.29 is 19.2 Å². The van der Waals surface area contributed by atoms with Crippen LogP contribution in [0.5, 0.6) is 0 Å². The van der Waals surface area contributed by atoms with Crippen molar-refractivity contribution >= 4 is 29.0 Å². The summed E-state index contributed by atoms with van der Waals surface area (Å²) in [6.45, 7) is 0. The Hall–Kier alpha value is -1.95. The molecule has 7 heteroatoms. The van der Waals surface area contributed by atoms with Gasteiger partial charge in [-0.15, -0.1) is 0 Å². The first kappa shape index (κ1) is 14.5. The molecule has 2 rings (SSSR count). The third-order valence-electron chi connectivity index (χ3n) is 3.12. The maximum atomic E-state index is 12.0. The van der Waals surface area contributed by atoms with Crippen LogP contribution in [0.3, 0.4) is 0 Å². The van der Waals surface area contributed by atoms with Crippen molar-refractivity contribution in [3.8, 4) is 0 Å². The predicted molar refractivity (Wildman–Crippen MR) is 70.8 cm³/mol. The summed E-state index contributed by atoms with van der Waals surface area (Å²) in [5.74, 6) is -1.03. The van der Waals surface area contributed by atoms with E-state index < -0.39 is 17.0 Å². The Kier molecular flexibility index (Phi) is 4.34. The van der Waals surface area contributed by atoms with Crippen LogP contribution in [0.25, 0.3) is 0 Å². The Morgan fingerprint density at radius 1 is 1.40 bits per heavy atom. The van der Waals surface area contributed by atoms with Crippen LogP contribution in [-0.2, 0) is 9.53 Å². The van der Waals surface area contributed by atoms with E-state index in [-0.39, 0.29) is 22.1 Å². The van der Waals surface area contributed by atoms with E-state index in [4.69, 9.17) is 16.3 Å². The Morgan fingerprint density at radius 2 is 2.15 bits per heavy atom. The molecule has 0 heterocycles. The lowest BCUT2D eigenvalue weighted by Gasteiger charge is -2.20. The average Bonchev–Trinajstić information content (AvgIpc) is 2.40. The van der Waals surface area contributed by atoms with E-state index in [1.54, 1.807) is 0 Å². The molecule has 0 aliphatic heterocycles. The molecule has 1 aliphatic carbocycles. The number of hydrogen-bond acceptors (Lipinski definition) is 5. The number of nitro benzene ring substituents is 1. The highest BCUT2D eigenvalue weighted by molar-refractivity contribution is 6.31. The summed E-state index contributed by atoms with van der Waals surface area (Å²) < 4.78 is 5.08. The van der Waals surface area contributed by atoms with Gasteiger partial charge in [0.25, 0.3) is 5.69 Å². The highest BCUT2D eigenvalue weighted by atomic mass is 35.5. The molecule has 6 nitrogen and oxygen atoms in total. The van der Waals surface area contributed by atoms with Crippen molar-refractivity contribution in [1.29, 1.82) is 0 Å². The molecule has 0 N–H and O–H groups in total. The van der Waals surface area contributed by atoms with Gasteiger partial charge in [0.05, 0.1) is 4.92 Å². The zero-order valence-electron chi connectivity index (χ0n) is 10.5. The van der Waals surface area contributed by atoms with Gasteiger partial charge in [0.1, 0.15) is 5.56 Å². The van der Waals surface area contributed by atoms with Gasteiger partial charge in [0.15, 0.2) is 11.9 Å². The lowest BCUT2D eigenvalue weighted by atomic mass is 9.96. The van der Waals surface area contributed by atoms with E-state index >= 15 is 0 Å². The van der Waals surface area contributed by atoms with Gasteiger partial charge >= 0.3 is 5.97 Å². The van der Waals surface area contributed by atoms with Gasteiger partial charge in [0.2, 0.25) is 0 Å². The molecule has 0 radical (unpaired) electrons. The molecule has 1 aromatic carbocycles. The lowest BCUT2D eigenvalue weighted by molar-refractivity contribution is -0.385. The summed E-state index contributed by atoms with van der Waals surface area (Å²) in [5, 5.41) is 11.1. The number of carbonyl (C=O) groups is 2. The van der Waals surface area contributed by atoms with Crippen LogP contribution in [-0.4, -0.2) is 22.8 Å². The molecular formula is C13H12ClNO5. The summed E-state index contributed by atoms with van der Waals surface area (Å²) in [4.78, 5) is 33.8. The van der Waals surface area contributed by atoms with E-state index in [0.717, 1.165) is 18.9 Å². The number of nitrogens with zero attached hydrogens (tertiary/aromatic N) is 1. The minimum Gasteiger partial charge on any atom is -0.451 e. The number of Topliss-reactive ketones (excluding diaryl/α,β-unsaturated/α-hetero) is 1. The van der Waals surface area contributed by atoms with E-state index in [1.165, 1.54) is 12.1 Å². The molecule has 0 spiro atoms. The standard InChI is InChI=1S/C13H12ClNO5/c14-8-5-6-10(15(18)19)9(7-8)13(17)20-12-4-2-1-3-11(12)16/h5-7,12H,1-4H2/t12-/m0/s1. The minimum absolute atomic E-state index is 0.144. The van der Waals surface area contributed by atoms with Crippen molar-refractivity contribution in [3.63, 3.8) is 0 Å². The first-order chi connectivity index (χ1) is 9.49. The SMILES string of the molecule is O=C(O[C@H]1CCCCC1=O)c1cc(Cl)ccc1[N+](=O)[O-]. The molecule has 0 bridgehead atoms. The number of halogens is 1. The van der Waals surface area contributed by atoms with Gasteiger partial charge in [-0.1, -0.05) is 11.6 Å². The maximum absolute atomic E-state index is 12.0. The van der Waals surface area contributed by atoms with Gasteiger partial charge in [-0.25, -0.2) is 4.79 Å². The summed E-state index contributed by atoms with van der Waals surface area (Å²) in [6, 6.07) is 3.64. The molecule has 1 aromatic rings. The second-order valence-electron chi connectivity index (χ2n) is 4.52. The van der Waals surface area contributed by atoms with Crippen molar-refractivity contribution in [2.45, 2.75) is 31.8 Å². The monoisotopic (exact) mass is 297 g/mol. The summed E-state index contributed by atoms with van der Waals surface area (Å²) >= 11 is 5.74. The number of esters is 1. The molecule has 1 fully saturated rings. The van der Waals surface area contributed by atoms with Gasteiger partial charge in [-0.2, -0.15) is 0 Å². The van der Waals surface area contributed by atoms with Gasteiger partial charge < -0.3 is 4.74 Å². The third-order valence-corrected chi connectivity index (χ3v) is 3.36. The molecule has 0 saturated heterocycles. The van der Waals surface area contributed by atoms with E-state index in [0.29, 0.717) is 12.8 Å². The summed E-state index contributed by atoms with van der Waals surface area (Å²) in [6.07, 6.45) is 1.59. The molecule has 1 atom stereocenters. The van der Waals surface area contributed by atoms with E-state index in [9.17, 15) is 19.7 Å². The van der Waals surface area contributed by atoms with Crippen LogP contribution in [0.1, 0.15) is 36.0 Å². The minimum atomic E-state index is -0.889. The zero-order valence-corrected chi connectivity index (χ0v) is 11.3. The van der Waals surface area contributed by atoms with Gasteiger partial charge in [0, 0.05) is 17.5 Å². The molecular weight excluding hydrogens is 286 g/mol. The Balaban J connectivity index is 2.22. The number of ketones is 1. The maximum Gasteiger partial charge on any atom is 0.345 e. The van der Waals surface area contributed by atoms with Gasteiger partial charge in [-0.3, -0.25) is 14.9 Å². The van der Waals surface area contributed by atoms with Crippen LogP contribution < -0.4 is 0 Å². The van der Waals surface area contributed by atoms with Crippen molar-refractivity contribution in [1.82, 2.24) is 0 Å². The first-order valence-electron chi connectivity index (χ1n) is 6.16. The fourth-order valence-electron chi connectivity index (χ4n) is 2.10. The quantitative estimate of drug-likeness (QED) is 0.486. The lowest BCUT2D eigenvalue weighted by Crippen LogP contribution is -2.30. The number of benzene rings is 1. The van der Waals surface area contributed by atoms with Crippen LogP contribution in [0.4, 0.5) is 5.69 Å². The summed E-state index contributed by atoms with van der Waals surface area (Å²) in [5.41, 5.74) is -0.622. The van der Waals surface area contributed by atoms with E-state index in [1.807, 2.05) is 0 Å². The van der Waals surface area contributed by atoms with Crippen LogP contribution >= 0.6 is 11.6 Å². The highest BCUT2D eigenvalue weighted by Crippen LogP contribution is 2.25. The number of rotatable bonds is 3. The average molecular weight is 298 g/mol. The third kappa shape index (κ3) is 3.14. The van der Waals surface area contributed by atoms with Crippen LogP contribution in [0.15, 0.2) is 18.2 Å². The van der Waals surface area contributed by atoms with Crippen molar-refractivity contribution in [3.05, 3.63) is 38.9 Å². The van der Waals surface area contributed by atoms with Crippen molar-refractivity contribution in [2.75, 3.05) is 0 Å². The molecule has 20 heavy (non-hydrogen) atoms. The van der Waals surface area contributed by atoms with Crippen LogP contribution in [0, 0.1) is 10.1 Å². The van der Waals surface area contributed by atoms with Crippen LogP contribution in [0.2, 0.25) is 5.02 Å². The molecule has 1 aliphatic rings. The number of hydrogen-bond donors (Lipinski definition) is 0. The fraction of sp³-hybridized carbons (Fsp3) is 0.385. The Bertz CT molecular complexity index is 572. The molecule has 0 unspecified atom stereocenters. The number of carbonyl (C=O) groups excluding carboxylic acids is 2. The molecule has 0 amide bonds.